The van der Waals surface area contributed by atoms with Gasteiger partial charge in [0.1, 0.15) is 5.56 Å². The summed E-state index contributed by atoms with van der Waals surface area (Å²) < 4.78 is 0. The van der Waals surface area contributed by atoms with Gasteiger partial charge in [0.25, 0.3) is 11.6 Å². The van der Waals surface area contributed by atoms with Crippen molar-refractivity contribution in [1.29, 1.82) is 0 Å². The first-order valence-corrected chi connectivity index (χ1v) is 7.17. The Morgan fingerprint density at radius 1 is 1.55 bits per heavy atom. The highest BCUT2D eigenvalue weighted by Crippen LogP contribution is 2.27. The van der Waals surface area contributed by atoms with Gasteiger partial charge in [0, 0.05) is 24.5 Å². The summed E-state index contributed by atoms with van der Waals surface area (Å²) in [6, 6.07) is 4.86. The molecule has 1 saturated heterocycles. The quantitative estimate of drug-likeness (QED) is 0.487. The molecule has 0 radical (unpaired) electrons. The van der Waals surface area contributed by atoms with E-state index in [0.717, 1.165) is 12.8 Å². The predicted molar refractivity (Wildman–Crippen MR) is 77.2 cm³/mol. The first-order chi connectivity index (χ1) is 9.54. The van der Waals surface area contributed by atoms with Crippen LogP contribution in [0, 0.1) is 23.0 Å². The smallest absolute Gasteiger partial charge is 0.285 e. The summed E-state index contributed by atoms with van der Waals surface area (Å²) >= 11 is 5.72. The van der Waals surface area contributed by atoms with Crippen LogP contribution in [-0.2, 0) is 0 Å². The molecule has 108 valence electrons. The Morgan fingerprint density at radius 2 is 2.30 bits per heavy atom. The number of likely N-dealkylation sites (tertiary alicyclic amines) is 1. The molecule has 1 atom stereocenters. The highest BCUT2D eigenvalue weighted by Gasteiger charge is 2.31. The van der Waals surface area contributed by atoms with E-state index in [1.165, 1.54) is 6.07 Å². The molecule has 1 aromatic rings. The van der Waals surface area contributed by atoms with Gasteiger partial charge >= 0.3 is 0 Å². The minimum atomic E-state index is -0.477. The normalized spacial score (nSPS) is 18.3. The fourth-order valence-corrected chi connectivity index (χ4v) is 2.96. The van der Waals surface area contributed by atoms with Gasteiger partial charge in [-0.1, -0.05) is 12.1 Å². The number of nitro benzene ring substituents is 1. The largest absolute Gasteiger partial charge is 0.338 e. The van der Waals surface area contributed by atoms with Crippen LogP contribution in [-0.4, -0.2) is 34.7 Å². The van der Waals surface area contributed by atoms with E-state index in [9.17, 15) is 14.9 Å². The average Bonchev–Trinajstić information content (AvgIpc) is 2.86. The van der Waals surface area contributed by atoms with Crippen molar-refractivity contribution >= 4 is 23.2 Å². The van der Waals surface area contributed by atoms with Crippen LogP contribution in [0.15, 0.2) is 18.2 Å². The monoisotopic (exact) mass is 296 g/mol. The predicted octanol–water partition coefficient (Wildman–Crippen LogP) is 2.99. The fourth-order valence-electron chi connectivity index (χ4n) is 2.65. The summed E-state index contributed by atoms with van der Waals surface area (Å²) in [5.74, 6) is 0.731. The molecule has 1 fully saturated rings. The molecule has 1 aliphatic heterocycles. The van der Waals surface area contributed by atoms with Crippen LogP contribution in [0.3, 0.4) is 0 Å². The van der Waals surface area contributed by atoms with Gasteiger partial charge in [0.15, 0.2) is 0 Å². The lowest BCUT2D eigenvalue weighted by atomic mass is 10.1. The number of hydrogen-bond acceptors (Lipinski definition) is 3. The molecule has 1 heterocycles. The molecule has 5 nitrogen and oxygen atoms in total. The van der Waals surface area contributed by atoms with Gasteiger partial charge < -0.3 is 4.90 Å². The number of rotatable bonds is 4. The lowest BCUT2D eigenvalue weighted by molar-refractivity contribution is -0.385. The second-order valence-electron chi connectivity index (χ2n) is 5.11. The molecule has 0 bridgehead atoms. The van der Waals surface area contributed by atoms with Crippen molar-refractivity contribution in [3.8, 4) is 0 Å². The van der Waals surface area contributed by atoms with Crippen molar-refractivity contribution in [3.05, 3.63) is 39.4 Å². The van der Waals surface area contributed by atoms with E-state index in [4.69, 9.17) is 11.6 Å². The van der Waals surface area contributed by atoms with Crippen LogP contribution < -0.4 is 0 Å². The van der Waals surface area contributed by atoms with E-state index in [1.54, 1.807) is 24.0 Å². The number of para-hydroxylation sites is 1. The molecule has 20 heavy (non-hydrogen) atoms. The number of halogens is 1. The number of aryl methyl sites for hydroxylation is 1. The number of carbonyl (C=O) groups excluding carboxylic acids is 1. The number of nitro groups is 1. The van der Waals surface area contributed by atoms with Crippen LogP contribution in [0.2, 0.25) is 0 Å². The molecule has 6 heteroatoms. The third-order valence-corrected chi connectivity index (χ3v) is 3.96. The van der Waals surface area contributed by atoms with Crippen LogP contribution >= 0.6 is 11.6 Å². The summed E-state index contributed by atoms with van der Waals surface area (Å²) in [5, 5.41) is 11.1. The van der Waals surface area contributed by atoms with Crippen molar-refractivity contribution < 1.29 is 9.72 Å². The van der Waals surface area contributed by atoms with Crippen LogP contribution in [0.5, 0.6) is 0 Å². The molecule has 0 spiro atoms. The molecule has 1 unspecified atom stereocenters. The zero-order valence-electron chi connectivity index (χ0n) is 11.3. The maximum absolute atomic E-state index is 12.5. The van der Waals surface area contributed by atoms with Crippen molar-refractivity contribution in [1.82, 2.24) is 4.90 Å². The molecule has 0 aromatic heterocycles. The number of hydrogen-bond donors (Lipinski definition) is 0. The van der Waals surface area contributed by atoms with E-state index < -0.39 is 4.92 Å². The number of alkyl halides is 1. The van der Waals surface area contributed by atoms with E-state index in [-0.39, 0.29) is 17.2 Å². The summed E-state index contributed by atoms with van der Waals surface area (Å²) in [5.41, 5.74) is 0.608. The number of amides is 1. The van der Waals surface area contributed by atoms with Crippen molar-refractivity contribution in [2.24, 2.45) is 5.92 Å². The maximum atomic E-state index is 12.5. The van der Waals surface area contributed by atoms with E-state index in [0.29, 0.717) is 30.5 Å². The Bertz CT molecular complexity index is 533. The van der Waals surface area contributed by atoms with Crippen molar-refractivity contribution in [2.45, 2.75) is 19.8 Å². The molecule has 1 aliphatic rings. The van der Waals surface area contributed by atoms with E-state index in [2.05, 4.69) is 0 Å². The molecule has 2 rings (SSSR count). The molecule has 0 saturated carbocycles. The Balaban J connectivity index is 2.22. The molecular weight excluding hydrogens is 280 g/mol. The van der Waals surface area contributed by atoms with Crippen LogP contribution in [0.25, 0.3) is 0 Å². The Morgan fingerprint density at radius 3 is 2.95 bits per heavy atom. The summed E-state index contributed by atoms with van der Waals surface area (Å²) in [4.78, 5) is 24.8. The molecule has 1 amide bonds. The van der Waals surface area contributed by atoms with Crippen molar-refractivity contribution in [3.63, 3.8) is 0 Å². The molecule has 1 aromatic carbocycles. The zero-order valence-corrected chi connectivity index (χ0v) is 12.1. The van der Waals surface area contributed by atoms with E-state index >= 15 is 0 Å². The maximum Gasteiger partial charge on any atom is 0.285 e. The number of benzene rings is 1. The Labute approximate surface area is 122 Å². The number of nitrogens with zero attached hydrogens (tertiary/aromatic N) is 2. The standard InChI is InChI=1S/C14H17ClN2O3/c1-10-3-2-4-12(13(10)17(19)20)14(18)16-8-6-11(9-16)5-7-15/h2-4,11H,5-9H2,1H3. The number of carbonyl (C=O) groups is 1. The van der Waals surface area contributed by atoms with E-state index in [1.807, 2.05) is 0 Å². The van der Waals surface area contributed by atoms with Gasteiger partial charge in [-0.2, -0.15) is 0 Å². The van der Waals surface area contributed by atoms with Gasteiger partial charge in [0.05, 0.1) is 4.92 Å². The Hall–Kier alpha value is -1.62. The minimum Gasteiger partial charge on any atom is -0.338 e. The average molecular weight is 297 g/mol. The Kier molecular flexibility index (Phi) is 4.60. The third-order valence-electron chi connectivity index (χ3n) is 3.74. The van der Waals surface area contributed by atoms with Gasteiger partial charge in [-0.3, -0.25) is 14.9 Å². The zero-order chi connectivity index (χ0) is 14.7. The summed E-state index contributed by atoms with van der Waals surface area (Å²) in [6.07, 6.45) is 1.79. The molecule has 0 N–H and O–H groups in total. The first-order valence-electron chi connectivity index (χ1n) is 6.63. The van der Waals surface area contributed by atoms with Crippen LogP contribution in [0.1, 0.15) is 28.8 Å². The lowest BCUT2D eigenvalue weighted by Crippen LogP contribution is -2.29. The fraction of sp³-hybridized carbons (Fsp3) is 0.500. The van der Waals surface area contributed by atoms with Gasteiger partial charge in [-0.25, -0.2) is 0 Å². The van der Waals surface area contributed by atoms with Gasteiger partial charge in [-0.05, 0) is 31.7 Å². The minimum absolute atomic E-state index is 0.0849. The lowest BCUT2D eigenvalue weighted by Gasteiger charge is -2.16. The SMILES string of the molecule is Cc1cccc(C(=O)N2CCC(CCCl)C2)c1[N+](=O)[O-]. The highest BCUT2D eigenvalue weighted by molar-refractivity contribution is 6.17. The van der Waals surface area contributed by atoms with Crippen molar-refractivity contribution in [2.75, 3.05) is 19.0 Å². The molecular formula is C14H17ClN2O3. The van der Waals surface area contributed by atoms with Gasteiger partial charge in [-0.15, -0.1) is 11.6 Å². The third kappa shape index (κ3) is 2.93. The molecule has 0 aliphatic carbocycles. The van der Waals surface area contributed by atoms with Crippen LogP contribution in [0.4, 0.5) is 5.69 Å². The summed E-state index contributed by atoms with van der Waals surface area (Å²) in [6.45, 7) is 2.93. The summed E-state index contributed by atoms with van der Waals surface area (Å²) in [7, 11) is 0. The van der Waals surface area contributed by atoms with Gasteiger partial charge in [0.2, 0.25) is 0 Å². The second kappa shape index (κ2) is 6.22. The first kappa shape index (κ1) is 14.8. The highest BCUT2D eigenvalue weighted by atomic mass is 35.5. The second-order valence-corrected chi connectivity index (χ2v) is 5.49. The topological polar surface area (TPSA) is 63.5 Å².